The van der Waals surface area contributed by atoms with Crippen LogP contribution in [0.3, 0.4) is 0 Å². The van der Waals surface area contributed by atoms with Crippen LogP contribution in [-0.4, -0.2) is 48.7 Å². The Bertz CT molecular complexity index is 940. The summed E-state index contributed by atoms with van der Waals surface area (Å²) in [6.45, 7) is 1.73. The first-order chi connectivity index (χ1) is 12.9. The van der Waals surface area contributed by atoms with Crippen molar-refractivity contribution in [3.63, 3.8) is 0 Å². The SMILES string of the molecule is O=[N+]([O-])c1ccc(C=CN2CCCN(S(=O)(=O)c3ccc(F)cc3)CC2)o1. The fourth-order valence-electron chi connectivity index (χ4n) is 2.77. The quantitative estimate of drug-likeness (QED) is 0.570. The Hall–Kier alpha value is -2.72. The van der Waals surface area contributed by atoms with Crippen molar-refractivity contribution in [2.75, 3.05) is 26.2 Å². The standard InChI is InChI=1S/C17H18FN3O5S/c18-14-2-5-16(6-3-14)27(24,25)20-10-1-9-19(12-13-20)11-8-15-4-7-17(26-15)21(22)23/h2-8,11H,1,9-10,12-13H2. The number of hydrogen-bond acceptors (Lipinski definition) is 6. The monoisotopic (exact) mass is 395 g/mol. The minimum Gasteiger partial charge on any atom is -0.401 e. The van der Waals surface area contributed by atoms with Crippen LogP contribution in [0.2, 0.25) is 0 Å². The van der Waals surface area contributed by atoms with E-state index in [1.807, 2.05) is 4.90 Å². The van der Waals surface area contributed by atoms with Crippen LogP contribution in [0.25, 0.3) is 6.08 Å². The molecular weight excluding hydrogens is 377 g/mol. The fourth-order valence-corrected chi connectivity index (χ4v) is 4.24. The van der Waals surface area contributed by atoms with Crippen LogP contribution in [0.15, 0.2) is 51.9 Å². The lowest BCUT2D eigenvalue weighted by atomic mass is 10.4. The maximum absolute atomic E-state index is 13.0. The number of nitro groups is 1. The number of nitrogens with zero attached hydrogens (tertiary/aromatic N) is 3. The predicted octanol–water partition coefficient (Wildman–Crippen LogP) is 2.69. The van der Waals surface area contributed by atoms with Crippen LogP contribution in [-0.2, 0) is 10.0 Å². The zero-order valence-electron chi connectivity index (χ0n) is 14.3. The van der Waals surface area contributed by atoms with Crippen molar-refractivity contribution < 1.29 is 22.1 Å². The van der Waals surface area contributed by atoms with Gasteiger partial charge in [0.2, 0.25) is 10.0 Å². The lowest BCUT2D eigenvalue weighted by molar-refractivity contribution is -0.402. The molecule has 1 fully saturated rings. The van der Waals surface area contributed by atoms with E-state index in [0.29, 0.717) is 31.8 Å². The molecule has 144 valence electrons. The first kappa shape index (κ1) is 19.1. The first-order valence-electron chi connectivity index (χ1n) is 8.28. The van der Waals surface area contributed by atoms with Gasteiger partial charge in [-0.05, 0) is 42.8 Å². The highest BCUT2D eigenvalue weighted by Gasteiger charge is 2.26. The van der Waals surface area contributed by atoms with Gasteiger partial charge in [-0.15, -0.1) is 0 Å². The van der Waals surface area contributed by atoms with Crippen molar-refractivity contribution in [3.05, 3.63) is 64.3 Å². The van der Waals surface area contributed by atoms with E-state index in [2.05, 4.69) is 0 Å². The van der Waals surface area contributed by atoms with Gasteiger partial charge < -0.3 is 9.32 Å². The van der Waals surface area contributed by atoms with Crippen LogP contribution in [0.1, 0.15) is 12.2 Å². The number of rotatable bonds is 5. The minimum atomic E-state index is -3.68. The largest absolute Gasteiger partial charge is 0.433 e. The van der Waals surface area contributed by atoms with Crippen LogP contribution in [0, 0.1) is 15.9 Å². The van der Waals surface area contributed by atoms with Crippen LogP contribution >= 0.6 is 0 Å². The molecule has 27 heavy (non-hydrogen) atoms. The van der Waals surface area contributed by atoms with E-state index in [4.69, 9.17) is 4.42 Å². The number of sulfonamides is 1. The molecule has 1 aromatic heterocycles. The highest BCUT2D eigenvalue weighted by atomic mass is 32.2. The van der Waals surface area contributed by atoms with Crippen molar-refractivity contribution in [1.82, 2.24) is 9.21 Å². The summed E-state index contributed by atoms with van der Waals surface area (Å²) in [4.78, 5) is 12.0. The van der Waals surface area contributed by atoms with Crippen LogP contribution < -0.4 is 0 Å². The zero-order valence-corrected chi connectivity index (χ0v) is 15.1. The van der Waals surface area contributed by atoms with Gasteiger partial charge in [-0.25, -0.2) is 12.8 Å². The van der Waals surface area contributed by atoms with E-state index in [9.17, 15) is 22.9 Å². The van der Waals surface area contributed by atoms with Gasteiger partial charge in [0.25, 0.3) is 0 Å². The average Bonchev–Trinajstić information content (AvgIpc) is 2.98. The smallest absolute Gasteiger partial charge is 0.401 e. The average molecular weight is 395 g/mol. The summed E-state index contributed by atoms with van der Waals surface area (Å²) in [5, 5.41) is 10.6. The van der Waals surface area contributed by atoms with Crippen LogP contribution in [0.4, 0.5) is 10.3 Å². The molecule has 0 spiro atoms. The Morgan fingerprint density at radius 3 is 2.48 bits per heavy atom. The van der Waals surface area contributed by atoms with E-state index in [1.165, 1.54) is 28.6 Å². The molecule has 0 atom stereocenters. The van der Waals surface area contributed by atoms with E-state index < -0.39 is 20.8 Å². The second-order valence-electron chi connectivity index (χ2n) is 6.00. The zero-order chi connectivity index (χ0) is 19.4. The molecule has 1 saturated heterocycles. The van der Waals surface area contributed by atoms with Gasteiger partial charge in [-0.3, -0.25) is 10.1 Å². The Balaban J connectivity index is 1.65. The summed E-state index contributed by atoms with van der Waals surface area (Å²) >= 11 is 0. The predicted molar refractivity (Wildman–Crippen MR) is 95.7 cm³/mol. The summed E-state index contributed by atoms with van der Waals surface area (Å²) in [6.07, 6.45) is 3.96. The summed E-state index contributed by atoms with van der Waals surface area (Å²) < 4.78 is 44.9. The molecule has 2 heterocycles. The molecule has 0 aliphatic carbocycles. The number of hydrogen-bond donors (Lipinski definition) is 0. The molecule has 0 bridgehead atoms. The summed E-state index contributed by atoms with van der Waals surface area (Å²) in [7, 11) is -3.68. The van der Waals surface area contributed by atoms with Gasteiger partial charge in [0, 0.05) is 32.4 Å². The van der Waals surface area contributed by atoms with E-state index in [0.717, 1.165) is 12.1 Å². The number of furan rings is 1. The normalized spacial score (nSPS) is 16.6. The van der Waals surface area contributed by atoms with Crippen LogP contribution in [0.5, 0.6) is 0 Å². The van der Waals surface area contributed by atoms with Gasteiger partial charge in [-0.1, -0.05) is 0 Å². The molecule has 1 aromatic carbocycles. The number of benzene rings is 1. The van der Waals surface area contributed by atoms with Gasteiger partial charge in [0.1, 0.15) is 16.5 Å². The molecule has 2 aromatic rings. The minimum absolute atomic E-state index is 0.0655. The van der Waals surface area contributed by atoms with E-state index >= 15 is 0 Å². The maximum atomic E-state index is 13.0. The molecule has 3 rings (SSSR count). The number of halogens is 1. The van der Waals surface area contributed by atoms with Crippen molar-refractivity contribution in [1.29, 1.82) is 0 Å². The molecule has 8 nitrogen and oxygen atoms in total. The Morgan fingerprint density at radius 1 is 1.07 bits per heavy atom. The van der Waals surface area contributed by atoms with E-state index in [-0.39, 0.29) is 17.3 Å². The van der Waals surface area contributed by atoms with Crippen molar-refractivity contribution >= 4 is 22.0 Å². The van der Waals surface area contributed by atoms with Gasteiger partial charge in [-0.2, -0.15) is 4.31 Å². The second-order valence-corrected chi connectivity index (χ2v) is 7.93. The summed E-state index contributed by atoms with van der Waals surface area (Å²) in [5.74, 6) is -0.469. The molecule has 0 unspecified atom stereocenters. The van der Waals surface area contributed by atoms with E-state index in [1.54, 1.807) is 12.3 Å². The third kappa shape index (κ3) is 4.52. The molecule has 1 aliphatic heterocycles. The molecule has 10 heteroatoms. The van der Waals surface area contributed by atoms with Gasteiger partial charge in [0.15, 0.2) is 0 Å². The first-order valence-corrected chi connectivity index (χ1v) is 9.72. The highest BCUT2D eigenvalue weighted by molar-refractivity contribution is 7.89. The Kier molecular flexibility index (Phi) is 5.57. The Morgan fingerprint density at radius 2 is 1.81 bits per heavy atom. The third-order valence-electron chi connectivity index (χ3n) is 4.18. The van der Waals surface area contributed by atoms with Crippen molar-refractivity contribution in [2.45, 2.75) is 11.3 Å². The third-order valence-corrected chi connectivity index (χ3v) is 6.10. The van der Waals surface area contributed by atoms with Crippen molar-refractivity contribution in [3.8, 4) is 0 Å². The lowest BCUT2D eigenvalue weighted by Gasteiger charge is -2.20. The molecule has 0 amide bonds. The lowest BCUT2D eigenvalue weighted by Crippen LogP contribution is -2.34. The van der Waals surface area contributed by atoms with Crippen molar-refractivity contribution in [2.24, 2.45) is 0 Å². The van der Waals surface area contributed by atoms with Gasteiger partial charge >= 0.3 is 5.88 Å². The summed E-state index contributed by atoms with van der Waals surface area (Å²) in [5.41, 5.74) is 0. The topological polar surface area (TPSA) is 96.9 Å². The fraction of sp³-hybridized carbons (Fsp3) is 0.294. The molecule has 0 radical (unpaired) electrons. The molecular formula is C17H18FN3O5S. The highest BCUT2D eigenvalue weighted by Crippen LogP contribution is 2.19. The molecule has 0 saturated carbocycles. The molecule has 1 aliphatic rings. The molecule has 0 N–H and O–H groups in total. The maximum Gasteiger partial charge on any atom is 0.433 e. The van der Waals surface area contributed by atoms with Gasteiger partial charge in [0.05, 0.1) is 11.0 Å². The second kappa shape index (κ2) is 7.89. The Labute approximate surface area is 155 Å². The summed E-state index contributed by atoms with van der Waals surface area (Å²) in [6, 6.07) is 7.55.